The zero-order valence-corrected chi connectivity index (χ0v) is 5.53. The number of carboxylic acids is 2. The molecule has 0 saturated carbocycles. The third-order valence-electron chi connectivity index (χ3n) is 0.678. The molecule has 2 amide bonds. The predicted molar refractivity (Wildman–Crippen MR) is 45.9 cm³/mol. The van der Waals surface area contributed by atoms with Gasteiger partial charge in [-0.3, -0.25) is 20.4 Å². The van der Waals surface area contributed by atoms with Crippen molar-refractivity contribution >= 4 is 82.9 Å². The van der Waals surface area contributed by atoms with Crippen LogP contribution >= 0.6 is 0 Å². The number of carbonyl (C=O) groups is 4. The Labute approximate surface area is 122 Å². The van der Waals surface area contributed by atoms with Gasteiger partial charge in [0.1, 0.15) is 0 Å². The Morgan fingerprint density at radius 1 is 0.714 bits per heavy atom. The van der Waals surface area contributed by atoms with Gasteiger partial charge in [0.2, 0.25) is 0 Å². The summed E-state index contributed by atoms with van der Waals surface area (Å²) >= 11 is 0. The maximum atomic E-state index is 10.2. The van der Waals surface area contributed by atoms with E-state index in [1.807, 2.05) is 0 Å². The average Bonchev–Trinajstić information content (AvgIpc) is 1.98. The van der Waals surface area contributed by atoms with E-state index >= 15 is 0 Å². The second kappa shape index (κ2) is 9.44. The standard InChI is InChI=1S/C4H4N2O6.2Na.2H/c7-1(3(9)10)5-6-2(8)4(11)12;;;;/h(H,5,7)(H,6,8)(H,9,10)(H,11,12);;;;. The van der Waals surface area contributed by atoms with Crippen molar-refractivity contribution < 1.29 is 29.4 Å². The van der Waals surface area contributed by atoms with Crippen LogP contribution in [0.4, 0.5) is 0 Å². The van der Waals surface area contributed by atoms with Crippen LogP contribution in [-0.4, -0.2) is 93.1 Å². The summed E-state index contributed by atoms with van der Waals surface area (Å²) in [4.78, 5) is 39.8. The summed E-state index contributed by atoms with van der Waals surface area (Å²) in [5.74, 6) is -6.71. The Hall–Kier alpha value is -0.120. The molecule has 4 N–H and O–H groups in total. The van der Waals surface area contributed by atoms with Crippen molar-refractivity contribution in [3.05, 3.63) is 0 Å². The van der Waals surface area contributed by atoms with E-state index in [0.717, 1.165) is 0 Å². The number of aliphatic carboxylic acids is 2. The quantitative estimate of drug-likeness (QED) is 0.188. The number of amides is 2. The molecule has 0 aliphatic carbocycles. The molecule has 0 heterocycles. The minimum absolute atomic E-state index is 0. The fourth-order valence-corrected chi connectivity index (χ4v) is 0.220. The number of carboxylic acid groups (broad SMARTS) is 2. The van der Waals surface area contributed by atoms with Crippen molar-refractivity contribution in [2.24, 2.45) is 0 Å². The van der Waals surface area contributed by atoms with Crippen LogP contribution < -0.4 is 10.9 Å². The molecule has 0 unspecified atom stereocenters. The number of nitrogens with one attached hydrogen (secondary N) is 2. The Kier molecular flexibility index (Phi) is 13.1. The SMILES string of the molecule is O=C(O)C(=O)NNC(=O)C(=O)O.[NaH].[NaH]. The van der Waals surface area contributed by atoms with E-state index in [-0.39, 0.29) is 59.1 Å². The second-order valence-electron chi connectivity index (χ2n) is 1.52. The van der Waals surface area contributed by atoms with Crippen molar-refractivity contribution in [3.8, 4) is 0 Å². The second-order valence-corrected chi connectivity index (χ2v) is 1.52. The zero-order valence-electron chi connectivity index (χ0n) is 5.53. The molecule has 0 radical (unpaired) electrons. The summed E-state index contributed by atoms with van der Waals surface area (Å²) in [6.45, 7) is 0. The van der Waals surface area contributed by atoms with Crippen LogP contribution in [0.25, 0.3) is 0 Å². The number of hydrogen-bond donors (Lipinski definition) is 4. The molecule has 0 saturated heterocycles. The number of hydrogen-bond acceptors (Lipinski definition) is 4. The van der Waals surface area contributed by atoms with Gasteiger partial charge in [0, 0.05) is 0 Å². The summed E-state index contributed by atoms with van der Waals surface area (Å²) in [6, 6.07) is 0. The molecule has 0 bridgehead atoms. The van der Waals surface area contributed by atoms with E-state index in [1.165, 1.54) is 10.9 Å². The first-order valence-electron chi connectivity index (χ1n) is 2.51. The molecule has 0 aromatic carbocycles. The molecule has 70 valence electrons. The zero-order chi connectivity index (χ0) is 9.72. The van der Waals surface area contributed by atoms with Crippen LogP contribution in [0.5, 0.6) is 0 Å². The van der Waals surface area contributed by atoms with Gasteiger partial charge in [0.05, 0.1) is 0 Å². The fraction of sp³-hybridized carbons (Fsp3) is 0. The van der Waals surface area contributed by atoms with Gasteiger partial charge < -0.3 is 10.2 Å². The molecule has 8 nitrogen and oxygen atoms in total. The van der Waals surface area contributed by atoms with Gasteiger partial charge in [-0.1, -0.05) is 0 Å². The van der Waals surface area contributed by atoms with Crippen LogP contribution in [0, 0.1) is 0 Å². The van der Waals surface area contributed by atoms with E-state index < -0.39 is 23.8 Å². The summed E-state index contributed by atoms with van der Waals surface area (Å²) in [7, 11) is 0. The molecule has 0 aliphatic heterocycles. The summed E-state index contributed by atoms with van der Waals surface area (Å²) in [6.07, 6.45) is 0. The van der Waals surface area contributed by atoms with Gasteiger partial charge in [0.25, 0.3) is 0 Å². The van der Waals surface area contributed by atoms with Gasteiger partial charge in [0.15, 0.2) is 0 Å². The molecule has 0 spiro atoms. The van der Waals surface area contributed by atoms with Gasteiger partial charge in [-0.15, -0.1) is 0 Å². The molecule has 14 heavy (non-hydrogen) atoms. The molecule has 0 aromatic rings. The summed E-state index contributed by atoms with van der Waals surface area (Å²) < 4.78 is 0. The normalized spacial score (nSPS) is 7.14. The average molecular weight is 224 g/mol. The first-order chi connectivity index (χ1) is 5.45. The summed E-state index contributed by atoms with van der Waals surface area (Å²) in [5, 5.41) is 15.8. The first kappa shape index (κ1) is 19.5. The third-order valence-corrected chi connectivity index (χ3v) is 0.678. The van der Waals surface area contributed by atoms with Crippen LogP contribution in [0.1, 0.15) is 0 Å². The molecule has 0 atom stereocenters. The van der Waals surface area contributed by atoms with E-state index in [9.17, 15) is 19.2 Å². The van der Waals surface area contributed by atoms with Crippen molar-refractivity contribution in [1.29, 1.82) is 0 Å². The minimum atomic E-state index is -1.83. The van der Waals surface area contributed by atoms with Crippen LogP contribution in [0.3, 0.4) is 0 Å². The van der Waals surface area contributed by atoms with Gasteiger partial charge in [-0.2, -0.15) is 0 Å². The molecule has 0 fully saturated rings. The molecule has 0 aliphatic rings. The number of carbonyl (C=O) groups excluding carboxylic acids is 2. The third kappa shape index (κ3) is 8.48. The predicted octanol–water partition coefficient (Wildman–Crippen LogP) is -3.99. The maximum absolute atomic E-state index is 10.2. The topological polar surface area (TPSA) is 133 Å². The van der Waals surface area contributed by atoms with E-state index in [0.29, 0.717) is 0 Å². The van der Waals surface area contributed by atoms with Gasteiger partial charge >= 0.3 is 82.9 Å². The van der Waals surface area contributed by atoms with Crippen molar-refractivity contribution in [3.63, 3.8) is 0 Å². The fourth-order valence-electron chi connectivity index (χ4n) is 0.220. The Bertz CT molecular complexity index is 228. The van der Waals surface area contributed by atoms with Crippen LogP contribution in [-0.2, 0) is 19.2 Å². The van der Waals surface area contributed by atoms with Crippen molar-refractivity contribution in [1.82, 2.24) is 10.9 Å². The van der Waals surface area contributed by atoms with Crippen molar-refractivity contribution in [2.45, 2.75) is 0 Å². The van der Waals surface area contributed by atoms with Gasteiger partial charge in [-0.05, 0) is 0 Å². The Morgan fingerprint density at radius 2 is 0.929 bits per heavy atom. The van der Waals surface area contributed by atoms with Crippen LogP contribution in [0.2, 0.25) is 0 Å². The van der Waals surface area contributed by atoms with E-state index in [4.69, 9.17) is 10.2 Å². The Balaban J connectivity index is -0.000000605. The molecule has 0 rings (SSSR count). The monoisotopic (exact) mass is 224 g/mol. The van der Waals surface area contributed by atoms with E-state index in [1.54, 1.807) is 0 Å². The molecular weight excluding hydrogens is 218 g/mol. The molecular formula is C4H6N2Na2O6. The van der Waals surface area contributed by atoms with Gasteiger partial charge in [-0.25, -0.2) is 9.59 Å². The summed E-state index contributed by atoms with van der Waals surface area (Å²) in [5.41, 5.74) is 2.69. The van der Waals surface area contributed by atoms with Crippen molar-refractivity contribution in [2.75, 3.05) is 0 Å². The molecule has 0 aromatic heterocycles. The first-order valence-corrected chi connectivity index (χ1v) is 2.51. The number of hydrazine groups is 1. The Morgan fingerprint density at radius 3 is 1.07 bits per heavy atom. The van der Waals surface area contributed by atoms with E-state index in [2.05, 4.69) is 0 Å². The molecule has 10 heteroatoms. The number of rotatable bonds is 0. The van der Waals surface area contributed by atoms with Crippen LogP contribution in [0.15, 0.2) is 0 Å².